The van der Waals surface area contributed by atoms with E-state index in [-0.39, 0.29) is 11.8 Å². The van der Waals surface area contributed by atoms with Gasteiger partial charge in [-0.05, 0) is 36.7 Å². The topological polar surface area (TPSA) is 75.0 Å². The first-order valence-electron chi connectivity index (χ1n) is 9.62. The molecule has 28 heavy (non-hydrogen) atoms. The minimum atomic E-state index is -0.116. The van der Waals surface area contributed by atoms with Gasteiger partial charge in [-0.3, -0.25) is 9.59 Å². The molecule has 1 fully saturated rings. The highest BCUT2D eigenvalue weighted by Gasteiger charge is 2.25. The Kier molecular flexibility index (Phi) is 7.08. The fraction of sp³-hybridized carbons (Fsp3) is 0.429. The van der Waals surface area contributed by atoms with Gasteiger partial charge in [0, 0.05) is 39.1 Å². The lowest BCUT2D eigenvalue weighted by Crippen LogP contribution is -2.50. The second kappa shape index (κ2) is 9.94. The molecule has 1 aromatic carbocycles. The number of furan rings is 1. The van der Waals surface area contributed by atoms with Crippen LogP contribution in [0.15, 0.2) is 47.1 Å². The molecule has 0 aliphatic carbocycles. The van der Waals surface area contributed by atoms with Crippen molar-refractivity contribution >= 4 is 11.8 Å². The number of amides is 2. The Morgan fingerprint density at radius 2 is 1.79 bits per heavy atom. The molecule has 0 atom stereocenters. The van der Waals surface area contributed by atoms with E-state index >= 15 is 0 Å². The number of rotatable bonds is 8. The van der Waals surface area contributed by atoms with Crippen molar-refractivity contribution in [1.29, 1.82) is 0 Å². The number of piperazine rings is 1. The number of nitrogens with one attached hydrogen (secondary N) is 1. The highest BCUT2D eigenvalue weighted by atomic mass is 16.5. The number of carbonyl (C=O) groups excluding carboxylic acids is 2. The van der Waals surface area contributed by atoms with Crippen LogP contribution < -0.4 is 10.1 Å². The van der Waals surface area contributed by atoms with Crippen molar-refractivity contribution in [2.45, 2.75) is 12.8 Å². The smallest absolute Gasteiger partial charge is 0.289 e. The highest BCUT2D eigenvalue weighted by Crippen LogP contribution is 2.17. The summed E-state index contributed by atoms with van der Waals surface area (Å²) in [7, 11) is 1.67. The maximum Gasteiger partial charge on any atom is 0.289 e. The van der Waals surface area contributed by atoms with Crippen LogP contribution in [-0.2, 0) is 11.2 Å². The number of nitrogens with zero attached hydrogens (tertiary/aromatic N) is 2. The van der Waals surface area contributed by atoms with Gasteiger partial charge < -0.3 is 24.3 Å². The molecule has 7 nitrogen and oxygen atoms in total. The lowest BCUT2D eigenvalue weighted by molar-refractivity contribution is -0.132. The van der Waals surface area contributed by atoms with Crippen molar-refractivity contribution in [3.05, 3.63) is 54.0 Å². The predicted molar refractivity (Wildman–Crippen MR) is 105 cm³/mol. The Morgan fingerprint density at radius 3 is 2.50 bits per heavy atom. The maximum atomic E-state index is 12.4. The zero-order chi connectivity index (χ0) is 19.8. The van der Waals surface area contributed by atoms with Crippen LogP contribution >= 0.6 is 0 Å². The number of benzene rings is 1. The largest absolute Gasteiger partial charge is 0.496 e. The van der Waals surface area contributed by atoms with Crippen molar-refractivity contribution in [3.8, 4) is 5.75 Å². The van der Waals surface area contributed by atoms with Gasteiger partial charge in [0.05, 0.1) is 13.4 Å². The van der Waals surface area contributed by atoms with E-state index in [1.165, 1.54) is 6.26 Å². The van der Waals surface area contributed by atoms with Gasteiger partial charge in [-0.25, -0.2) is 0 Å². The van der Waals surface area contributed by atoms with Crippen molar-refractivity contribution < 1.29 is 18.7 Å². The molecule has 7 heteroatoms. The Labute approximate surface area is 165 Å². The molecule has 2 amide bonds. The van der Waals surface area contributed by atoms with Gasteiger partial charge >= 0.3 is 0 Å². The summed E-state index contributed by atoms with van der Waals surface area (Å²) < 4.78 is 10.5. The minimum absolute atomic E-state index is 0.116. The van der Waals surface area contributed by atoms with Gasteiger partial charge in [-0.15, -0.1) is 0 Å². The fourth-order valence-electron chi connectivity index (χ4n) is 3.33. The molecule has 2 heterocycles. The van der Waals surface area contributed by atoms with Crippen LogP contribution in [-0.4, -0.2) is 68.0 Å². The van der Waals surface area contributed by atoms with Crippen LogP contribution in [0.5, 0.6) is 5.75 Å². The van der Waals surface area contributed by atoms with Crippen molar-refractivity contribution in [3.63, 3.8) is 0 Å². The molecule has 150 valence electrons. The fourth-order valence-corrected chi connectivity index (χ4v) is 3.33. The molecule has 2 aromatic rings. The molecular formula is C21H27N3O4. The first-order chi connectivity index (χ1) is 13.7. The second-order valence-electron chi connectivity index (χ2n) is 6.71. The van der Waals surface area contributed by atoms with Crippen LogP contribution in [0.4, 0.5) is 0 Å². The SMILES string of the molecule is COc1ccccc1CCNCCC(=O)N1CCN(C(=O)c2ccco2)CC1. The van der Waals surface area contributed by atoms with Gasteiger partial charge in [0.1, 0.15) is 5.75 Å². The summed E-state index contributed by atoms with van der Waals surface area (Å²) in [6, 6.07) is 11.3. The van der Waals surface area contributed by atoms with E-state index in [4.69, 9.17) is 9.15 Å². The summed E-state index contributed by atoms with van der Waals surface area (Å²) in [6.07, 6.45) is 2.80. The molecule has 1 saturated heterocycles. The van der Waals surface area contributed by atoms with Crippen LogP contribution in [0.25, 0.3) is 0 Å². The number of ether oxygens (including phenoxy) is 1. The molecule has 1 aliphatic rings. The van der Waals surface area contributed by atoms with Gasteiger partial charge in [-0.2, -0.15) is 0 Å². The molecule has 1 N–H and O–H groups in total. The Balaban J connectivity index is 1.33. The number of methoxy groups -OCH3 is 1. The minimum Gasteiger partial charge on any atom is -0.496 e. The zero-order valence-electron chi connectivity index (χ0n) is 16.2. The number of hydrogen-bond donors (Lipinski definition) is 1. The van der Waals surface area contributed by atoms with E-state index in [0.717, 1.165) is 24.3 Å². The molecule has 0 unspecified atom stereocenters. The molecular weight excluding hydrogens is 358 g/mol. The lowest BCUT2D eigenvalue weighted by atomic mass is 10.1. The summed E-state index contributed by atoms with van der Waals surface area (Å²) >= 11 is 0. The lowest BCUT2D eigenvalue weighted by Gasteiger charge is -2.34. The zero-order valence-corrected chi connectivity index (χ0v) is 16.2. The summed E-state index contributed by atoms with van der Waals surface area (Å²) in [5.41, 5.74) is 1.15. The van der Waals surface area contributed by atoms with Crippen molar-refractivity contribution in [1.82, 2.24) is 15.1 Å². The van der Waals surface area contributed by atoms with Gasteiger partial charge in [0.25, 0.3) is 5.91 Å². The van der Waals surface area contributed by atoms with Crippen LogP contribution in [0, 0.1) is 0 Å². The predicted octanol–water partition coefficient (Wildman–Crippen LogP) is 1.79. The standard InChI is InChI=1S/C21H27N3O4/c1-27-18-6-3-2-5-17(18)8-10-22-11-9-20(25)23-12-14-24(15-13-23)21(26)19-7-4-16-28-19/h2-7,16,22H,8-15H2,1H3. The Hall–Kier alpha value is -2.80. The molecule has 0 spiro atoms. The molecule has 1 aliphatic heterocycles. The van der Waals surface area contributed by atoms with E-state index in [0.29, 0.717) is 44.9 Å². The van der Waals surface area contributed by atoms with Gasteiger partial charge in [0.15, 0.2) is 5.76 Å². The maximum absolute atomic E-state index is 12.4. The summed E-state index contributed by atoms with van der Waals surface area (Å²) in [5, 5.41) is 3.32. The monoisotopic (exact) mass is 385 g/mol. The molecule has 0 saturated carbocycles. The van der Waals surface area contributed by atoms with E-state index < -0.39 is 0 Å². The van der Waals surface area contributed by atoms with E-state index in [1.807, 2.05) is 23.1 Å². The van der Waals surface area contributed by atoms with Crippen molar-refractivity contribution in [2.24, 2.45) is 0 Å². The first kappa shape index (κ1) is 19.9. The molecule has 0 radical (unpaired) electrons. The van der Waals surface area contributed by atoms with Crippen LogP contribution in [0.1, 0.15) is 22.5 Å². The summed E-state index contributed by atoms with van der Waals surface area (Å²) in [4.78, 5) is 28.2. The average Bonchev–Trinajstić information content (AvgIpc) is 3.28. The van der Waals surface area contributed by atoms with Crippen LogP contribution in [0.3, 0.4) is 0 Å². The van der Waals surface area contributed by atoms with Gasteiger partial charge in [0.2, 0.25) is 5.91 Å². The van der Waals surface area contributed by atoms with E-state index in [9.17, 15) is 9.59 Å². The Morgan fingerprint density at radius 1 is 1.04 bits per heavy atom. The number of hydrogen-bond acceptors (Lipinski definition) is 5. The third-order valence-electron chi connectivity index (χ3n) is 4.93. The average molecular weight is 385 g/mol. The quantitative estimate of drug-likeness (QED) is 0.702. The first-order valence-corrected chi connectivity index (χ1v) is 9.62. The number of para-hydroxylation sites is 1. The summed E-state index contributed by atoms with van der Waals surface area (Å²) in [6.45, 7) is 3.62. The van der Waals surface area contributed by atoms with Crippen LogP contribution in [0.2, 0.25) is 0 Å². The van der Waals surface area contributed by atoms with Gasteiger partial charge in [-0.1, -0.05) is 18.2 Å². The number of carbonyl (C=O) groups is 2. The summed E-state index contributed by atoms with van der Waals surface area (Å²) in [5.74, 6) is 1.24. The normalized spacial score (nSPS) is 14.2. The Bertz CT molecular complexity index is 768. The van der Waals surface area contributed by atoms with Crippen molar-refractivity contribution in [2.75, 3.05) is 46.4 Å². The molecule has 0 bridgehead atoms. The highest BCUT2D eigenvalue weighted by molar-refractivity contribution is 5.91. The molecule has 3 rings (SSSR count). The third-order valence-corrected chi connectivity index (χ3v) is 4.93. The van der Waals surface area contributed by atoms with E-state index in [1.54, 1.807) is 24.1 Å². The molecule has 1 aromatic heterocycles. The third kappa shape index (κ3) is 5.13. The van der Waals surface area contributed by atoms with E-state index in [2.05, 4.69) is 11.4 Å². The second-order valence-corrected chi connectivity index (χ2v) is 6.71.